The van der Waals surface area contributed by atoms with Crippen LogP contribution in [0, 0.1) is 11.8 Å². The summed E-state index contributed by atoms with van der Waals surface area (Å²) in [6.45, 7) is 8.13. The largest absolute Gasteiger partial charge is 0.455 e. The van der Waals surface area contributed by atoms with Crippen molar-refractivity contribution in [2.45, 2.75) is 62.5 Å². The standard InChI is InChI=1S/C36H43N3O7/c1-3-5-17-29(41)37-23-28(26-15-10-7-11-16-26)45-35(44)30-27-18-19-36(46-27)31(30)33(42)39(21-12-22-40)32(36)34(43)38(20-4-2)24-25-13-8-6-9-14-25/h3-4,6-11,13-16,27-28,30-32,40H,1-2,5,12,17-24H2,(H,37,41)/t27-,28-,30+,31+,32-,36+/m1/s1. The monoisotopic (exact) mass is 629 g/mol. The van der Waals surface area contributed by atoms with Crippen LogP contribution in [0.2, 0.25) is 0 Å². The molecule has 0 radical (unpaired) electrons. The minimum Gasteiger partial charge on any atom is -0.455 e. The van der Waals surface area contributed by atoms with Crippen LogP contribution in [0.4, 0.5) is 0 Å². The molecule has 3 aliphatic heterocycles. The van der Waals surface area contributed by atoms with Gasteiger partial charge in [-0.3, -0.25) is 19.2 Å². The van der Waals surface area contributed by atoms with Crippen molar-refractivity contribution in [3.8, 4) is 0 Å². The Bertz CT molecular complexity index is 1420. The second-order valence-electron chi connectivity index (χ2n) is 12.1. The third-order valence-electron chi connectivity index (χ3n) is 9.23. The van der Waals surface area contributed by atoms with Crippen molar-refractivity contribution in [2.24, 2.45) is 11.8 Å². The van der Waals surface area contributed by atoms with E-state index in [1.165, 1.54) is 4.90 Å². The van der Waals surface area contributed by atoms with E-state index in [0.29, 0.717) is 31.4 Å². The first-order chi connectivity index (χ1) is 22.3. The maximum absolute atomic E-state index is 14.4. The highest BCUT2D eigenvalue weighted by Crippen LogP contribution is 2.59. The molecule has 1 spiro atoms. The Labute approximate surface area is 270 Å². The van der Waals surface area contributed by atoms with Crippen LogP contribution in [-0.4, -0.2) is 82.6 Å². The van der Waals surface area contributed by atoms with E-state index in [-0.39, 0.29) is 56.8 Å². The first-order valence-corrected chi connectivity index (χ1v) is 16.0. The lowest BCUT2D eigenvalue weighted by Gasteiger charge is -2.36. The second-order valence-corrected chi connectivity index (χ2v) is 12.1. The molecule has 0 saturated carbocycles. The number of allylic oxidation sites excluding steroid dienone is 1. The predicted molar refractivity (Wildman–Crippen MR) is 171 cm³/mol. The highest BCUT2D eigenvalue weighted by molar-refractivity contribution is 5.98. The molecule has 3 aliphatic rings. The molecule has 0 aromatic heterocycles. The molecule has 10 heteroatoms. The number of esters is 1. The molecule has 10 nitrogen and oxygen atoms in total. The van der Waals surface area contributed by atoms with Gasteiger partial charge in [-0.15, -0.1) is 13.2 Å². The van der Waals surface area contributed by atoms with Crippen molar-refractivity contribution >= 4 is 23.7 Å². The van der Waals surface area contributed by atoms with Crippen LogP contribution in [0.15, 0.2) is 86.0 Å². The zero-order valence-corrected chi connectivity index (χ0v) is 26.1. The van der Waals surface area contributed by atoms with Gasteiger partial charge in [-0.25, -0.2) is 0 Å². The number of amides is 3. The van der Waals surface area contributed by atoms with Crippen molar-refractivity contribution in [3.63, 3.8) is 0 Å². The van der Waals surface area contributed by atoms with Crippen molar-refractivity contribution in [1.82, 2.24) is 15.1 Å². The first kappa shape index (κ1) is 33.1. The molecule has 46 heavy (non-hydrogen) atoms. The van der Waals surface area contributed by atoms with E-state index < -0.39 is 41.7 Å². The van der Waals surface area contributed by atoms with E-state index in [2.05, 4.69) is 18.5 Å². The van der Waals surface area contributed by atoms with Gasteiger partial charge in [0.15, 0.2) is 0 Å². The number of aliphatic hydroxyl groups excluding tert-OH is 1. The molecule has 3 heterocycles. The molecule has 5 rings (SSSR count). The molecule has 3 amide bonds. The van der Waals surface area contributed by atoms with Gasteiger partial charge in [0.1, 0.15) is 17.7 Å². The van der Waals surface area contributed by atoms with Gasteiger partial charge in [-0.1, -0.05) is 72.8 Å². The van der Waals surface area contributed by atoms with Crippen LogP contribution in [0.1, 0.15) is 49.3 Å². The first-order valence-electron chi connectivity index (χ1n) is 16.0. The fraction of sp³-hybridized carbons (Fsp3) is 0.444. The lowest BCUT2D eigenvalue weighted by Crippen LogP contribution is -2.56. The summed E-state index contributed by atoms with van der Waals surface area (Å²) >= 11 is 0. The minimum atomic E-state index is -1.20. The van der Waals surface area contributed by atoms with Gasteiger partial charge in [0.05, 0.1) is 24.5 Å². The van der Waals surface area contributed by atoms with E-state index in [0.717, 1.165) is 5.56 Å². The van der Waals surface area contributed by atoms with Crippen molar-refractivity contribution in [1.29, 1.82) is 0 Å². The van der Waals surface area contributed by atoms with Gasteiger partial charge in [0, 0.05) is 32.7 Å². The number of hydrogen-bond acceptors (Lipinski definition) is 7. The number of likely N-dealkylation sites (tertiary alicyclic amines) is 1. The van der Waals surface area contributed by atoms with Gasteiger partial charge >= 0.3 is 5.97 Å². The van der Waals surface area contributed by atoms with Crippen LogP contribution in [0.25, 0.3) is 0 Å². The molecule has 244 valence electrons. The number of nitrogens with zero attached hydrogens (tertiary/aromatic N) is 2. The maximum Gasteiger partial charge on any atom is 0.313 e. The minimum absolute atomic E-state index is 0.0630. The Kier molecular flexibility index (Phi) is 10.7. The van der Waals surface area contributed by atoms with Crippen LogP contribution < -0.4 is 5.32 Å². The van der Waals surface area contributed by atoms with Gasteiger partial charge in [0.25, 0.3) is 0 Å². The van der Waals surface area contributed by atoms with Crippen LogP contribution in [0.3, 0.4) is 0 Å². The quantitative estimate of drug-likeness (QED) is 0.216. The van der Waals surface area contributed by atoms with E-state index in [1.807, 2.05) is 60.7 Å². The van der Waals surface area contributed by atoms with Gasteiger partial charge in [-0.05, 0) is 36.8 Å². The SMILES string of the molecule is C=CCCC(=O)NC[C@@H](OC(=O)[C@@H]1[C@H]2C(=O)N(CCCO)[C@H](C(=O)N(CC=C)Cc3ccccc3)[C@]23CC[C@H]1O3)c1ccccc1. The molecule has 2 aromatic rings. The third kappa shape index (κ3) is 6.64. The summed E-state index contributed by atoms with van der Waals surface area (Å²) in [7, 11) is 0. The number of ether oxygens (including phenoxy) is 2. The summed E-state index contributed by atoms with van der Waals surface area (Å²) in [5, 5.41) is 12.5. The number of rotatable bonds is 16. The van der Waals surface area contributed by atoms with Crippen LogP contribution >= 0.6 is 0 Å². The smallest absolute Gasteiger partial charge is 0.313 e. The third-order valence-corrected chi connectivity index (χ3v) is 9.23. The zero-order chi connectivity index (χ0) is 32.7. The lowest BCUT2D eigenvalue weighted by molar-refractivity contribution is -0.160. The van der Waals surface area contributed by atoms with Crippen molar-refractivity contribution in [2.75, 3.05) is 26.2 Å². The Morgan fingerprint density at radius 2 is 1.83 bits per heavy atom. The van der Waals surface area contributed by atoms with Crippen molar-refractivity contribution in [3.05, 3.63) is 97.1 Å². The van der Waals surface area contributed by atoms with Crippen LogP contribution in [-0.2, 0) is 35.2 Å². The average molecular weight is 630 g/mol. The summed E-state index contributed by atoms with van der Waals surface area (Å²) in [6.07, 6.45) is 3.95. The number of fused-ring (bicyclic) bond motifs is 1. The molecular formula is C36H43N3O7. The molecule has 3 saturated heterocycles. The fourth-order valence-electron chi connectivity index (χ4n) is 7.19. The second kappa shape index (κ2) is 14.9. The number of hydrogen-bond donors (Lipinski definition) is 2. The van der Waals surface area contributed by atoms with Crippen LogP contribution in [0.5, 0.6) is 0 Å². The molecule has 2 aromatic carbocycles. The van der Waals surface area contributed by atoms with E-state index in [1.54, 1.807) is 17.1 Å². The van der Waals surface area contributed by atoms with E-state index in [9.17, 15) is 24.3 Å². The normalized spacial score (nSPS) is 25.1. The number of carbonyl (C=O) groups is 4. The van der Waals surface area contributed by atoms with Gasteiger partial charge in [-0.2, -0.15) is 0 Å². The summed E-state index contributed by atoms with van der Waals surface area (Å²) in [6, 6.07) is 17.8. The highest BCUT2D eigenvalue weighted by atomic mass is 16.6. The molecule has 6 atom stereocenters. The number of aliphatic hydroxyl groups is 1. The summed E-state index contributed by atoms with van der Waals surface area (Å²) in [5.74, 6) is -3.24. The molecule has 0 aliphatic carbocycles. The summed E-state index contributed by atoms with van der Waals surface area (Å²) in [4.78, 5) is 58.2. The Balaban J connectivity index is 1.42. The fourth-order valence-corrected chi connectivity index (χ4v) is 7.19. The Morgan fingerprint density at radius 1 is 1.11 bits per heavy atom. The van der Waals surface area contributed by atoms with E-state index in [4.69, 9.17) is 9.47 Å². The molecule has 0 unspecified atom stereocenters. The molecule has 2 N–H and O–H groups in total. The van der Waals surface area contributed by atoms with Gasteiger partial charge < -0.3 is 29.7 Å². The molecular weight excluding hydrogens is 586 g/mol. The highest BCUT2D eigenvalue weighted by Gasteiger charge is 2.75. The zero-order valence-electron chi connectivity index (χ0n) is 26.1. The predicted octanol–water partition coefficient (Wildman–Crippen LogP) is 3.33. The molecule has 3 fully saturated rings. The van der Waals surface area contributed by atoms with Crippen molar-refractivity contribution < 1.29 is 33.8 Å². The van der Waals surface area contributed by atoms with Gasteiger partial charge in [0.2, 0.25) is 17.7 Å². The Hall–Kier alpha value is -4.28. The number of carbonyl (C=O) groups excluding carboxylic acids is 4. The number of nitrogens with one attached hydrogen (secondary N) is 1. The average Bonchev–Trinajstić information content (AvgIpc) is 3.72. The maximum atomic E-state index is 14.4. The topological polar surface area (TPSA) is 125 Å². The van der Waals surface area contributed by atoms with E-state index >= 15 is 0 Å². The Morgan fingerprint density at radius 3 is 2.50 bits per heavy atom. The molecule has 2 bridgehead atoms. The summed E-state index contributed by atoms with van der Waals surface area (Å²) < 4.78 is 12.6. The summed E-state index contributed by atoms with van der Waals surface area (Å²) in [5.41, 5.74) is 0.435. The lowest BCUT2D eigenvalue weighted by atomic mass is 9.70. The number of benzene rings is 2.